The van der Waals surface area contributed by atoms with Gasteiger partial charge in [0, 0.05) is 21.8 Å². The minimum absolute atomic E-state index is 0.129. The number of fused-ring (bicyclic) bond motifs is 1. The molecule has 5 aromatic rings. The molecule has 5 aromatic carbocycles. The van der Waals surface area contributed by atoms with Crippen LogP contribution in [0.25, 0.3) is 10.8 Å². The number of rotatable bonds is 8. The number of aryl methyl sites for hydroxylation is 1. The molecule has 0 saturated carbocycles. The number of hydrogen-bond acceptors (Lipinski definition) is 6. The third kappa shape index (κ3) is 7.03. The summed E-state index contributed by atoms with van der Waals surface area (Å²) >= 11 is 12.1. The van der Waals surface area contributed by atoms with Crippen molar-refractivity contribution in [2.75, 3.05) is 4.72 Å². The van der Waals surface area contributed by atoms with Crippen molar-refractivity contribution < 1.29 is 22.7 Å². The first-order chi connectivity index (χ1) is 20.6. The summed E-state index contributed by atoms with van der Waals surface area (Å²) < 4.78 is 33.5. The lowest BCUT2D eigenvalue weighted by atomic mass is 10.0. The van der Waals surface area contributed by atoms with Crippen molar-refractivity contribution in [2.45, 2.75) is 11.8 Å². The molecule has 11 heteroatoms. The smallest absolute Gasteiger partial charge is 0.345 e. The normalized spacial score (nSPS) is 11.4. The van der Waals surface area contributed by atoms with Crippen LogP contribution in [0.1, 0.15) is 31.8 Å². The highest BCUT2D eigenvalue weighted by atomic mass is 35.5. The Morgan fingerprint density at radius 3 is 2.30 bits per heavy atom. The van der Waals surface area contributed by atoms with E-state index in [9.17, 15) is 18.0 Å². The number of amides is 1. The first-order valence-electron chi connectivity index (χ1n) is 12.8. The molecule has 0 bridgehead atoms. The van der Waals surface area contributed by atoms with Gasteiger partial charge in [-0.25, -0.2) is 18.6 Å². The molecule has 0 spiro atoms. The summed E-state index contributed by atoms with van der Waals surface area (Å²) in [6, 6.07) is 27.7. The maximum atomic E-state index is 12.9. The number of ether oxygens (including phenoxy) is 1. The lowest BCUT2D eigenvalue weighted by Gasteiger charge is -2.11. The van der Waals surface area contributed by atoms with Gasteiger partial charge >= 0.3 is 5.97 Å². The summed E-state index contributed by atoms with van der Waals surface area (Å²) in [5.41, 5.74) is 4.53. The van der Waals surface area contributed by atoms with Gasteiger partial charge in [-0.05, 0) is 78.4 Å². The minimum Gasteiger partial charge on any atom is -0.422 e. The number of benzene rings is 5. The fourth-order valence-electron chi connectivity index (χ4n) is 4.15. The first-order valence-corrected chi connectivity index (χ1v) is 15.1. The van der Waals surface area contributed by atoms with E-state index >= 15 is 0 Å². The van der Waals surface area contributed by atoms with Crippen molar-refractivity contribution in [3.8, 4) is 5.75 Å². The van der Waals surface area contributed by atoms with E-state index in [0.717, 1.165) is 16.3 Å². The molecule has 0 unspecified atom stereocenters. The number of hydrazone groups is 1. The largest absolute Gasteiger partial charge is 0.422 e. The number of halogens is 2. The molecule has 0 atom stereocenters. The number of esters is 1. The Morgan fingerprint density at radius 1 is 0.860 bits per heavy atom. The van der Waals surface area contributed by atoms with E-state index < -0.39 is 21.9 Å². The van der Waals surface area contributed by atoms with Gasteiger partial charge in [-0.15, -0.1) is 0 Å². The molecular formula is C32H23Cl2N3O5S. The number of nitrogens with zero attached hydrogens (tertiary/aromatic N) is 1. The van der Waals surface area contributed by atoms with Crippen LogP contribution in [0.5, 0.6) is 5.75 Å². The van der Waals surface area contributed by atoms with Crippen LogP contribution in [-0.2, 0) is 10.0 Å². The second kappa shape index (κ2) is 12.7. The topological polar surface area (TPSA) is 114 Å². The molecule has 0 aliphatic heterocycles. The van der Waals surface area contributed by atoms with Gasteiger partial charge in [-0.1, -0.05) is 71.2 Å². The fourth-order valence-corrected chi connectivity index (χ4v) is 5.69. The number of nitrogens with one attached hydrogen (secondary N) is 2. The van der Waals surface area contributed by atoms with Crippen LogP contribution in [0.4, 0.5) is 5.69 Å². The average molecular weight is 633 g/mol. The number of carbonyl (C=O) groups excluding carboxylic acids is 2. The molecule has 0 fully saturated rings. The van der Waals surface area contributed by atoms with Crippen molar-refractivity contribution in [3.05, 3.63) is 135 Å². The predicted octanol–water partition coefficient (Wildman–Crippen LogP) is 7.24. The van der Waals surface area contributed by atoms with Crippen molar-refractivity contribution in [1.82, 2.24) is 5.43 Å². The molecule has 0 saturated heterocycles. The van der Waals surface area contributed by atoms with Gasteiger partial charge in [0.05, 0.1) is 21.7 Å². The summed E-state index contributed by atoms with van der Waals surface area (Å²) in [5, 5.41) is 6.23. The molecule has 0 radical (unpaired) electrons. The van der Waals surface area contributed by atoms with Gasteiger partial charge in [-0.3, -0.25) is 9.52 Å². The zero-order valence-corrected chi connectivity index (χ0v) is 24.9. The second-order valence-corrected chi connectivity index (χ2v) is 11.9. The summed E-state index contributed by atoms with van der Waals surface area (Å²) in [6.45, 7) is 1.87. The van der Waals surface area contributed by atoms with Crippen LogP contribution in [0.3, 0.4) is 0 Å². The van der Waals surface area contributed by atoms with E-state index in [0.29, 0.717) is 16.3 Å². The van der Waals surface area contributed by atoms with E-state index in [-0.39, 0.29) is 26.8 Å². The summed E-state index contributed by atoms with van der Waals surface area (Å²) in [6.07, 6.45) is 1.39. The Bertz CT molecular complexity index is 1980. The third-order valence-corrected chi connectivity index (χ3v) is 8.32. The van der Waals surface area contributed by atoms with Crippen molar-refractivity contribution in [3.63, 3.8) is 0 Å². The van der Waals surface area contributed by atoms with Crippen LogP contribution < -0.4 is 14.9 Å². The van der Waals surface area contributed by atoms with Gasteiger partial charge < -0.3 is 4.74 Å². The Morgan fingerprint density at radius 2 is 1.58 bits per heavy atom. The first kappa shape index (κ1) is 29.8. The summed E-state index contributed by atoms with van der Waals surface area (Å²) in [4.78, 5) is 25.8. The molecule has 43 heavy (non-hydrogen) atoms. The zero-order valence-electron chi connectivity index (χ0n) is 22.5. The molecule has 0 aliphatic carbocycles. The van der Waals surface area contributed by atoms with Crippen LogP contribution >= 0.6 is 23.2 Å². The van der Waals surface area contributed by atoms with Gasteiger partial charge in [-0.2, -0.15) is 5.10 Å². The van der Waals surface area contributed by atoms with E-state index in [4.69, 9.17) is 27.9 Å². The molecule has 2 N–H and O–H groups in total. The fraction of sp³-hybridized carbons (Fsp3) is 0.0312. The lowest BCUT2D eigenvalue weighted by Crippen LogP contribution is -2.18. The number of carbonyl (C=O) groups is 2. The Kier molecular flexibility index (Phi) is 8.77. The zero-order chi connectivity index (χ0) is 30.6. The maximum absolute atomic E-state index is 12.9. The van der Waals surface area contributed by atoms with Gasteiger partial charge in [0.2, 0.25) is 0 Å². The van der Waals surface area contributed by atoms with Crippen molar-refractivity contribution >= 4 is 67.8 Å². The third-order valence-electron chi connectivity index (χ3n) is 6.37. The van der Waals surface area contributed by atoms with Crippen molar-refractivity contribution in [2.24, 2.45) is 5.10 Å². The molecule has 0 aliphatic rings. The Balaban J connectivity index is 1.32. The number of hydrogen-bond donors (Lipinski definition) is 2. The maximum Gasteiger partial charge on any atom is 0.345 e. The average Bonchev–Trinajstić information content (AvgIpc) is 2.98. The summed E-state index contributed by atoms with van der Waals surface area (Å²) in [7, 11) is -3.78. The molecular weight excluding hydrogens is 609 g/mol. The van der Waals surface area contributed by atoms with Gasteiger partial charge in [0.1, 0.15) is 5.75 Å². The van der Waals surface area contributed by atoms with E-state index in [1.807, 2.05) is 31.2 Å². The number of sulfonamides is 1. The van der Waals surface area contributed by atoms with Crippen LogP contribution in [0.15, 0.2) is 113 Å². The highest BCUT2D eigenvalue weighted by Crippen LogP contribution is 2.29. The van der Waals surface area contributed by atoms with Gasteiger partial charge in [0.15, 0.2) is 0 Å². The van der Waals surface area contributed by atoms with Crippen LogP contribution in [-0.4, -0.2) is 26.5 Å². The standard InChI is InChI=1S/C32H23Cl2N3O5S/c1-20-6-14-25(15-7-20)43(40,41)37-24-12-8-22(9-13-24)31(38)36-35-19-28-26-5-3-2-4-21(26)10-17-30(28)42-32(39)27-16-11-23(33)18-29(27)34/h2-19,37H,1H3,(H,36,38)/b35-19+. The SMILES string of the molecule is Cc1ccc(S(=O)(=O)Nc2ccc(C(=O)N/N=C/c3c(OC(=O)c4ccc(Cl)cc4Cl)ccc4ccccc34)cc2)cc1. The minimum atomic E-state index is -3.78. The highest BCUT2D eigenvalue weighted by Gasteiger charge is 2.17. The van der Waals surface area contributed by atoms with Crippen LogP contribution in [0.2, 0.25) is 10.0 Å². The highest BCUT2D eigenvalue weighted by molar-refractivity contribution is 7.92. The quantitative estimate of drug-likeness (QED) is 0.0811. The molecule has 1 amide bonds. The molecule has 0 aromatic heterocycles. The summed E-state index contributed by atoms with van der Waals surface area (Å²) in [5.74, 6) is -1.01. The molecule has 0 heterocycles. The molecule has 5 rings (SSSR count). The number of anilines is 1. The van der Waals surface area contributed by atoms with Gasteiger partial charge in [0.25, 0.3) is 15.9 Å². The lowest BCUT2D eigenvalue weighted by molar-refractivity contribution is 0.0734. The monoisotopic (exact) mass is 631 g/mol. The molecule has 216 valence electrons. The van der Waals surface area contributed by atoms with E-state index in [1.54, 1.807) is 24.3 Å². The Labute approximate surface area is 258 Å². The second-order valence-electron chi connectivity index (χ2n) is 9.41. The predicted molar refractivity (Wildman–Crippen MR) is 169 cm³/mol. The Hall–Kier alpha value is -4.70. The van der Waals surface area contributed by atoms with E-state index in [1.165, 1.54) is 60.8 Å². The van der Waals surface area contributed by atoms with E-state index in [2.05, 4.69) is 15.2 Å². The van der Waals surface area contributed by atoms with Crippen LogP contribution in [0, 0.1) is 6.92 Å². The molecule has 8 nitrogen and oxygen atoms in total. The van der Waals surface area contributed by atoms with Crippen molar-refractivity contribution in [1.29, 1.82) is 0 Å².